The molecular weight excluding hydrogens is 233 g/mol. The van der Waals surface area contributed by atoms with Gasteiger partial charge in [-0.2, -0.15) is 4.98 Å². The number of anilines is 1. The average Bonchev–Trinajstić information content (AvgIpc) is 2.60. The van der Waals surface area contributed by atoms with Crippen molar-refractivity contribution >= 4 is 17.6 Å². The first-order chi connectivity index (χ1) is 7.61. The lowest BCUT2D eigenvalue weighted by Crippen LogP contribution is -2.25. The lowest BCUT2D eigenvalue weighted by atomic mass is 10.3. The molecule has 2 heterocycles. The fraction of sp³-hybridized carbons (Fsp3) is 0.333. The first-order valence-electron chi connectivity index (χ1n) is 4.60. The van der Waals surface area contributed by atoms with Crippen molar-refractivity contribution in [3.63, 3.8) is 0 Å². The summed E-state index contributed by atoms with van der Waals surface area (Å²) in [6.45, 7) is -0.161. The minimum absolute atomic E-state index is 0.104. The predicted molar refractivity (Wildman–Crippen MR) is 59.6 cm³/mol. The number of hydrogen-bond donors (Lipinski definition) is 2. The molecule has 0 fully saturated rings. The van der Waals surface area contributed by atoms with Crippen LogP contribution in [0.4, 0.5) is 10.2 Å². The van der Waals surface area contributed by atoms with Crippen LogP contribution in [0.15, 0.2) is 29.0 Å². The van der Waals surface area contributed by atoms with Gasteiger partial charge in [0.2, 0.25) is 0 Å². The summed E-state index contributed by atoms with van der Waals surface area (Å²) in [6.07, 6.45) is 2.70. The molecule has 3 N–H and O–H groups in total. The normalized spacial score (nSPS) is 24.5. The van der Waals surface area contributed by atoms with Crippen LogP contribution in [0.3, 0.4) is 0 Å². The van der Waals surface area contributed by atoms with Gasteiger partial charge in [0.15, 0.2) is 0 Å². The molecule has 0 bridgehead atoms. The van der Waals surface area contributed by atoms with Crippen molar-refractivity contribution in [1.82, 2.24) is 9.55 Å². The summed E-state index contributed by atoms with van der Waals surface area (Å²) in [7, 11) is 0. The molecule has 0 amide bonds. The zero-order valence-electron chi connectivity index (χ0n) is 8.21. The van der Waals surface area contributed by atoms with Crippen molar-refractivity contribution in [1.29, 1.82) is 0 Å². The summed E-state index contributed by atoms with van der Waals surface area (Å²) < 4.78 is 14.7. The monoisotopic (exact) mass is 243 g/mol. The topological polar surface area (TPSA) is 81.1 Å². The van der Waals surface area contributed by atoms with Gasteiger partial charge >= 0.3 is 5.69 Å². The Labute approximate surface area is 94.8 Å². The highest BCUT2D eigenvalue weighted by molar-refractivity contribution is 8.00. The highest BCUT2D eigenvalue weighted by Gasteiger charge is 2.29. The number of aliphatic hydroxyl groups is 1. The third-order valence-corrected chi connectivity index (χ3v) is 3.51. The first-order valence-corrected chi connectivity index (χ1v) is 5.54. The average molecular weight is 243 g/mol. The lowest BCUT2D eigenvalue weighted by Gasteiger charge is -2.13. The van der Waals surface area contributed by atoms with E-state index in [1.165, 1.54) is 18.3 Å². The molecule has 5 nitrogen and oxygen atoms in total. The lowest BCUT2D eigenvalue weighted by molar-refractivity contribution is 0.307. The summed E-state index contributed by atoms with van der Waals surface area (Å²) in [6, 6.07) is 1.43. The van der Waals surface area contributed by atoms with E-state index in [4.69, 9.17) is 10.8 Å². The number of nitrogens with two attached hydrogens (primary N) is 1. The first kappa shape index (κ1) is 11.2. The van der Waals surface area contributed by atoms with Crippen LogP contribution < -0.4 is 11.4 Å². The van der Waals surface area contributed by atoms with E-state index in [0.29, 0.717) is 0 Å². The Hall–Kier alpha value is -1.34. The van der Waals surface area contributed by atoms with Crippen LogP contribution in [0.25, 0.3) is 0 Å². The fourth-order valence-electron chi connectivity index (χ4n) is 1.43. The van der Waals surface area contributed by atoms with Gasteiger partial charge in [-0.15, -0.1) is 11.8 Å². The van der Waals surface area contributed by atoms with Gasteiger partial charge in [-0.25, -0.2) is 9.18 Å². The molecule has 1 aliphatic rings. The number of aliphatic hydroxyl groups excluding tert-OH is 1. The molecule has 1 aromatic heterocycles. The van der Waals surface area contributed by atoms with Gasteiger partial charge in [0.1, 0.15) is 17.0 Å². The van der Waals surface area contributed by atoms with Crippen molar-refractivity contribution < 1.29 is 9.50 Å². The van der Waals surface area contributed by atoms with Gasteiger partial charge in [-0.05, 0) is 12.1 Å². The summed E-state index contributed by atoms with van der Waals surface area (Å²) in [5, 5.41) is 7.83. The second-order valence-electron chi connectivity index (χ2n) is 3.30. The third-order valence-electron chi connectivity index (χ3n) is 2.17. The van der Waals surface area contributed by atoms with E-state index in [-0.39, 0.29) is 17.7 Å². The van der Waals surface area contributed by atoms with Gasteiger partial charge in [-0.1, -0.05) is 0 Å². The minimum Gasteiger partial charge on any atom is -0.395 e. The predicted octanol–water partition coefficient (Wildman–Crippen LogP) is 0.285. The Balaban J connectivity index is 2.33. The maximum Gasteiger partial charge on any atom is 0.350 e. The van der Waals surface area contributed by atoms with Crippen molar-refractivity contribution in [3.05, 3.63) is 34.7 Å². The van der Waals surface area contributed by atoms with Crippen molar-refractivity contribution in [2.75, 3.05) is 12.3 Å². The van der Waals surface area contributed by atoms with Gasteiger partial charge in [0, 0.05) is 6.20 Å². The number of hydrogen-bond acceptors (Lipinski definition) is 5. The SMILES string of the molecule is Nc1ccn([C@H]2S[C@@H](CO)C=C2F)c(=O)n1. The smallest absolute Gasteiger partial charge is 0.350 e. The second kappa shape index (κ2) is 4.26. The number of rotatable bonds is 2. The Kier molecular flexibility index (Phi) is 2.97. The molecule has 16 heavy (non-hydrogen) atoms. The Bertz CT molecular complexity index is 488. The molecule has 2 atom stereocenters. The third kappa shape index (κ3) is 1.96. The molecule has 0 saturated heterocycles. The van der Waals surface area contributed by atoms with Gasteiger partial charge < -0.3 is 10.8 Å². The van der Waals surface area contributed by atoms with E-state index in [1.807, 2.05) is 0 Å². The van der Waals surface area contributed by atoms with Crippen LogP contribution in [0, 0.1) is 0 Å². The number of nitrogen functional groups attached to an aromatic ring is 1. The summed E-state index contributed by atoms with van der Waals surface area (Å²) in [4.78, 5) is 15.0. The highest BCUT2D eigenvalue weighted by atomic mass is 32.2. The highest BCUT2D eigenvalue weighted by Crippen LogP contribution is 2.40. The minimum atomic E-state index is -0.752. The Morgan fingerprint density at radius 3 is 3.00 bits per heavy atom. The van der Waals surface area contributed by atoms with Crippen molar-refractivity contribution in [2.24, 2.45) is 0 Å². The fourth-order valence-corrected chi connectivity index (χ4v) is 2.55. The van der Waals surface area contributed by atoms with Gasteiger partial charge in [-0.3, -0.25) is 4.57 Å². The van der Waals surface area contributed by atoms with Crippen LogP contribution in [0.2, 0.25) is 0 Å². The van der Waals surface area contributed by atoms with E-state index in [9.17, 15) is 9.18 Å². The van der Waals surface area contributed by atoms with E-state index < -0.39 is 16.9 Å². The number of nitrogens with zero attached hydrogens (tertiary/aromatic N) is 2. The Morgan fingerprint density at radius 2 is 2.44 bits per heavy atom. The van der Waals surface area contributed by atoms with E-state index in [2.05, 4.69) is 4.98 Å². The van der Waals surface area contributed by atoms with Crippen LogP contribution in [-0.4, -0.2) is 26.5 Å². The Morgan fingerprint density at radius 1 is 1.69 bits per heavy atom. The van der Waals surface area contributed by atoms with Gasteiger partial charge in [0.05, 0.1) is 11.9 Å². The molecule has 0 aromatic carbocycles. The van der Waals surface area contributed by atoms with Crippen LogP contribution in [0.1, 0.15) is 5.37 Å². The molecule has 2 rings (SSSR count). The molecule has 1 aromatic rings. The quantitative estimate of drug-likeness (QED) is 0.780. The van der Waals surface area contributed by atoms with Crippen LogP contribution in [0.5, 0.6) is 0 Å². The van der Waals surface area contributed by atoms with Crippen molar-refractivity contribution in [3.8, 4) is 0 Å². The van der Waals surface area contributed by atoms with Crippen molar-refractivity contribution in [2.45, 2.75) is 10.6 Å². The summed E-state index contributed by atoms with van der Waals surface area (Å²) in [5.41, 5.74) is 4.74. The largest absolute Gasteiger partial charge is 0.395 e. The molecule has 0 radical (unpaired) electrons. The van der Waals surface area contributed by atoms with Gasteiger partial charge in [0.25, 0.3) is 0 Å². The number of thioether (sulfide) groups is 1. The summed E-state index contributed by atoms with van der Waals surface area (Å²) in [5.74, 6) is -0.343. The van der Waals surface area contributed by atoms with E-state index in [0.717, 1.165) is 16.3 Å². The molecule has 7 heteroatoms. The van der Waals surface area contributed by atoms with Crippen LogP contribution >= 0.6 is 11.8 Å². The molecular formula is C9H10FN3O2S. The van der Waals surface area contributed by atoms with Crippen LogP contribution in [-0.2, 0) is 0 Å². The molecule has 1 aliphatic heterocycles. The molecule has 0 spiro atoms. The number of halogens is 1. The maximum absolute atomic E-state index is 13.5. The van der Waals surface area contributed by atoms with E-state index >= 15 is 0 Å². The molecule has 0 unspecified atom stereocenters. The molecule has 86 valence electrons. The molecule has 0 saturated carbocycles. The number of aromatic nitrogens is 2. The standard InChI is InChI=1S/C9H10FN3O2S/c10-6-3-5(4-14)16-8(6)13-2-1-7(11)12-9(13)15/h1-3,5,8,14H,4H2,(H2,11,12,15)/t5-,8+/m1/s1. The molecule has 0 aliphatic carbocycles. The summed E-state index contributed by atoms with van der Waals surface area (Å²) >= 11 is 1.16. The van der Waals surface area contributed by atoms with E-state index in [1.54, 1.807) is 0 Å². The zero-order chi connectivity index (χ0) is 11.7. The second-order valence-corrected chi connectivity index (χ2v) is 4.63. The maximum atomic E-state index is 13.5. The zero-order valence-corrected chi connectivity index (χ0v) is 9.02.